The number of carboxylic acid groups (broad SMARTS) is 1. The molecule has 0 heterocycles. The Bertz CT molecular complexity index is 504. The molecule has 1 aromatic carbocycles. The zero-order valence-electron chi connectivity index (χ0n) is 11.1. The number of nitrogens with one attached hydrogen (secondary N) is 1. The maximum absolute atomic E-state index is 11.9. The van der Waals surface area contributed by atoms with E-state index in [1.807, 2.05) is 0 Å². The maximum Gasteiger partial charge on any atom is 0.414 e. The van der Waals surface area contributed by atoms with Crippen molar-refractivity contribution in [2.24, 2.45) is 0 Å². The van der Waals surface area contributed by atoms with Crippen LogP contribution in [0.4, 0.5) is 13.2 Å². The van der Waals surface area contributed by atoms with Gasteiger partial charge in [-0.15, -0.1) is 0 Å². The molecule has 0 saturated carbocycles. The summed E-state index contributed by atoms with van der Waals surface area (Å²) in [4.78, 5) is 26.9. The fraction of sp³-hybridized carbons (Fsp3) is 0.385. The van der Waals surface area contributed by atoms with Crippen molar-refractivity contribution in [3.63, 3.8) is 0 Å². The molecule has 0 radical (unpaired) electrons. The number of carbonyl (C=O) groups is 2. The van der Waals surface area contributed by atoms with Gasteiger partial charge in [0.2, 0.25) is 5.91 Å². The van der Waals surface area contributed by atoms with Crippen molar-refractivity contribution in [3.05, 3.63) is 35.9 Å². The SMILES string of the molecule is CC(CC(=O)NOCC(F)(F)F)(C(=O)O)c1ccccc1. The molecule has 21 heavy (non-hydrogen) atoms. The molecular weight excluding hydrogens is 291 g/mol. The monoisotopic (exact) mass is 305 g/mol. The van der Waals surface area contributed by atoms with E-state index >= 15 is 0 Å². The van der Waals surface area contributed by atoms with Crippen LogP contribution in [0.25, 0.3) is 0 Å². The lowest BCUT2D eigenvalue weighted by Crippen LogP contribution is -2.39. The summed E-state index contributed by atoms with van der Waals surface area (Å²) in [5.74, 6) is -2.22. The van der Waals surface area contributed by atoms with Crippen molar-refractivity contribution in [2.75, 3.05) is 6.61 Å². The molecule has 0 aromatic heterocycles. The number of alkyl halides is 3. The minimum absolute atomic E-state index is 0.364. The number of hydrogen-bond acceptors (Lipinski definition) is 3. The smallest absolute Gasteiger partial charge is 0.414 e. The van der Waals surface area contributed by atoms with E-state index in [9.17, 15) is 27.9 Å². The van der Waals surface area contributed by atoms with Gasteiger partial charge in [-0.1, -0.05) is 30.3 Å². The van der Waals surface area contributed by atoms with Gasteiger partial charge in [0.15, 0.2) is 6.61 Å². The average molecular weight is 305 g/mol. The van der Waals surface area contributed by atoms with Crippen LogP contribution < -0.4 is 5.48 Å². The van der Waals surface area contributed by atoms with E-state index in [-0.39, 0.29) is 0 Å². The molecule has 1 aromatic rings. The number of amides is 1. The number of benzene rings is 1. The first-order valence-electron chi connectivity index (χ1n) is 5.91. The second-order valence-corrected chi connectivity index (χ2v) is 4.61. The van der Waals surface area contributed by atoms with Gasteiger partial charge in [-0.25, -0.2) is 5.48 Å². The van der Waals surface area contributed by atoms with Crippen molar-refractivity contribution in [1.29, 1.82) is 0 Å². The van der Waals surface area contributed by atoms with Gasteiger partial charge < -0.3 is 5.11 Å². The van der Waals surface area contributed by atoms with Crippen LogP contribution in [0.5, 0.6) is 0 Å². The lowest BCUT2D eigenvalue weighted by molar-refractivity contribution is -0.192. The van der Waals surface area contributed by atoms with Crippen molar-refractivity contribution < 1.29 is 32.7 Å². The summed E-state index contributed by atoms with van der Waals surface area (Å²) in [5.41, 5.74) is 0.399. The van der Waals surface area contributed by atoms with Crippen LogP contribution >= 0.6 is 0 Å². The number of hydrogen-bond donors (Lipinski definition) is 2. The number of halogens is 3. The molecule has 1 amide bonds. The van der Waals surface area contributed by atoms with E-state index in [0.29, 0.717) is 5.56 Å². The zero-order valence-corrected chi connectivity index (χ0v) is 11.1. The summed E-state index contributed by atoms with van der Waals surface area (Å²) in [7, 11) is 0. The van der Waals surface area contributed by atoms with E-state index in [2.05, 4.69) is 4.84 Å². The molecule has 0 aliphatic carbocycles. The van der Waals surface area contributed by atoms with Crippen LogP contribution in [0.15, 0.2) is 30.3 Å². The average Bonchev–Trinajstić information content (AvgIpc) is 2.37. The highest BCUT2D eigenvalue weighted by molar-refractivity contribution is 5.88. The largest absolute Gasteiger partial charge is 0.481 e. The Labute approximate surface area is 118 Å². The number of carboxylic acids is 1. The number of carbonyl (C=O) groups excluding carboxylic acids is 1. The van der Waals surface area contributed by atoms with E-state index < -0.39 is 36.5 Å². The number of aliphatic carboxylic acids is 1. The Morgan fingerprint density at radius 2 is 1.81 bits per heavy atom. The molecule has 0 saturated heterocycles. The van der Waals surface area contributed by atoms with Gasteiger partial charge >= 0.3 is 12.1 Å². The summed E-state index contributed by atoms with van der Waals surface area (Å²) in [6.07, 6.45) is -5.13. The Kier molecular flexibility index (Phi) is 5.31. The first kappa shape index (κ1) is 17.0. The summed E-state index contributed by atoms with van der Waals surface area (Å²) < 4.78 is 35.6. The number of rotatable bonds is 6. The molecule has 1 rings (SSSR count). The molecule has 2 N–H and O–H groups in total. The van der Waals surface area contributed by atoms with Crippen molar-refractivity contribution in [3.8, 4) is 0 Å². The van der Waals surface area contributed by atoms with E-state index in [0.717, 1.165) is 0 Å². The predicted octanol–water partition coefficient (Wildman–Crippen LogP) is 2.03. The minimum atomic E-state index is -4.58. The Balaban J connectivity index is 2.72. The third kappa shape index (κ3) is 5.07. The van der Waals surface area contributed by atoms with E-state index in [1.54, 1.807) is 23.7 Å². The van der Waals surface area contributed by atoms with Gasteiger partial charge in [0.25, 0.3) is 0 Å². The molecule has 1 atom stereocenters. The van der Waals surface area contributed by atoms with Gasteiger partial charge in [-0.3, -0.25) is 14.4 Å². The molecule has 0 spiro atoms. The van der Waals surface area contributed by atoms with Gasteiger partial charge in [-0.2, -0.15) is 13.2 Å². The second-order valence-electron chi connectivity index (χ2n) is 4.61. The lowest BCUT2D eigenvalue weighted by Gasteiger charge is -2.24. The first-order chi connectivity index (χ1) is 9.65. The zero-order chi connectivity index (χ0) is 16.1. The summed E-state index contributed by atoms with van der Waals surface area (Å²) in [6, 6.07) is 7.94. The van der Waals surface area contributed by atoms with Gasteiger partial charge in [0.05, 0.1) is 5.41 Å². The highest BCUT2D eigenvalue weighted by Crippen LogP contribution is 2.28. The quantitative estimate of drug-likeness (QED) is 0.789. The fourth-order valence-electron chi connectivity index (χ4n) is 1.66. The lowest BCUT2D eigenvalue weighted by atomic mass is 9.79. The summed E-state index contributed by atoms with van der Waals surface area (Å²) in [6.45, 7) is -0.331. The molecule has 8 heteroatoms. The van der Waals surface area contributed by atoms with Crippen LogP contribution in [-0.4, -0.2) is 29.8 Å². The van der Waals surface area contributed by atoms with Gasteiger partial charge in [0, 0.05) is 6.42 Å². The highest BCUT2D eigenvalue weighted by Gasteiger charge is 2.38. The van der Waals surface area contributed by atoms with Crippen LogP contribution in [0, 0.1) is 0 Å². The molecule has 116 valence electrons. The third-order valence-electron chi connectivity index (χ3n) is 2.82. The topological polar surface area (TPSA) is 75.6 Å². The fourth-order valence-corrected chi connectivity index (χ4v) is 1.66. The maximum atomic E-state index is 11.9. The standard InChI is InChI=1S/C13H14F3NO4/c1-12(11(19)20,9-5-3-2-4-6-9)7-10(18)17-21-8-13(14,15)16/h2-6H,7-8H2,1H3,(H,17,18)(H,19,20). The Morgan fingerprint density at radius 1 is 1.24 bits per heavy atom. The molecular formula is C13H14F3NO4. The van der Waals surface area contributed by atoms with Gasteiger partial charge in [0.1, 0.15) is 0 Å². The third-order valence-corrected chi connectivity index (χ3v) is 2.82. The van der Waals surface area contributed by atoms with Crippen molar-refractivity contribution >= 4 is 11.9 Å². The van der Waals surface area contributed by atoms with Crippen LogP contribution in [0.1, 0.15) is 18.9 Å². The minimum Gasteiger partial charge on any atom is -0.481 e. The molecule has 0 bridgehead atoms. The Hall–Kier alpha value is -2.09. The molecule has 0 aliphatic heterocycles. The predicted molar refractivity (Wildman–Crippen MR) is 66.2 cm³/mol. The number of hydroxylamine groups is 1. The van der Waals surface area contributed by atoms with Crippen LogP contribution in [0.3, 0.4) is 0 Å². The molecule has 0 aliphatic rings. The summed E-state index contributed by atoms with van der Waals surface area (Å²) in [5, 5.41) is 9.29. The van der Waals surface area contributed by atoms with E-state index in [4.69, 9.17) is 0 Å². The Morgan fingerprint density at radius 3 is 2.29 bits per heavy atom. The van der Waals surface area contributed by atoms with Crippen LogP contribution in [-0.2, 0) is 19.8 Å². The normalized spacial score (nSPS) is 14.3. The summed E-state index contributed by atoms with van der Waals surface area (Å²) >= 11 is 0. The second kappa shape index (κ2) is 6.57. The van der Waals surface area contributed by atoms with Crippen LogP contribution in [0.2, 0.25) is 0 Å². The van der Waals surface area contributed by atoms with Gasteiger partial charge in [-0.05, 0) is 12.5 Å². The molecule has 5 nitrogen and oxygen atoms in total. The highest BCUT2D eigenvalue weighted by atomic mass is 19.4. The van der Waals surface area contributed by atoms with Crippen molar-refractivity contribution in [2.45, 2.75) is 24.9 Å². The first-order valence-corrected chi connectivity index (χ1v) is 5.91. The van der Waals surface area contributed by atoms with E-state index in [1.165, 1.54) is 19.1 Å². The molecule has 1 unspecified atom stereocenters. The van der Waals surface area contributed by atoms with Crippen molar-refractivity contribution in [1.82, 2.24) is 5.48 Å². The molecule has 0 fully saturated rings.